The molecule has 5 nitrogen and oxygen atoms in total. The molecule has 0 aliphatic carbocycles. The Balaban J connectivity index is 2.04. The van der Waals surface area contributed by atoms with Gasteiger partial charge in [-0.2, -0.15) is 13.2 Å². The zero-order chi connectivity index (χ0) is 19.3. The summed E-state index contributed by atoms with van der Waals surface area (Å²) in [5.41, 5.74) is -1.12. The van der Waals surface area contributed by atoms with Gasteiger partial charge in [0.15, 0.2) is 12.4 Å². The van der Waals surface area contributed by atoms with E-state index in [0.717, 1.165) is 18.2 Å². The molecule has 26 heavy (non-hydrogen) atoms. The molecule has 0 saturated heterocycles. The number of halogens is 3. The fourth-order valence-corrected chi connectivity index (χ4v) is 2.14. The Hall–Kier alpha value is -3.16. The summed E-state index contributed by atoms with van der Waals surface area (Å²) in [6, 6.07) is 9.95. The summed E-state index contributed by atoms with van der Waals surface area (Å²) in [7, 11) is 0. The first kappa shape index (κ1) is 19.2. The molecule has 0 radical (unpaired) electrons. The Morgan fingerprint density at radius 2 is 1.62 bits per heavy atom. The third-order valence-corrected chi connectivity index (χ3v) is 3.31. The van der Waals surface area contributed by atoms with Crippen molar-refractivity contribution in [3.05, 3.63) is 65.2 Å². The maximum absolute atomic E-state index is 12.9. The van der Waals surface area contributed by atoms with E-state index in [-0.39, 0.29) is 11.5 Å². The van der Waals surface area contributed by atoms with Crippen LogP contribution in [0.5, 0.6) is 0 Å². The molecule has 0 spiro atoms. The number of ketones is 1. The van der Waals surface area contributed by atoms with Gasteiger partial charge in [0.1, 0.15) is 0 Å². The molecule has 2 rings (SSSR count). The molecule has 0 atom stereocenters. The first-order valence-electron chi connectivity index (χ1n) is 7.42. The van der Waals surface area contributed by atoms with E-state index in [4.69, 9.17) is 4.74 Å². The smallest absolute Gasteiger partial charge is 0.417 e. The van der Waals surface area contributed by atoms with Crippen LogP contribution in [-0.4, -0.2) is 24.3 Å². The molecule has 2 aromatic carbocycles. The number of amides is 1. The number of carbonyl (C=O) groups is 3. The lowest BCUT2D eigenvalue weighted by molar-refractivity contribution is -0.138. The number of esters is 1. The number of benzene rings is 2. The summed E-state index contributed by atoms with van der Waals surface area (Å²) in [6.07, 6.45) is -4.71. The van der Waals surface area contributed by atoms with Gasteiger partial charge < -0.3 is 10.1 Å². The molecule has 136 valence electrons. The highest BCUT2D eigenvalue weighted by atomic mass is 19.4. The summed E-state index contributed by atoms with van der Waals surface area (Å²) >= 11 is 0. The quantitative estimate of drug-likeness (QED) is 0.648. The SMILES string of the molecule is CC(=O)Nc1ccc(C(=O)COC(=O)c2ccccc2C(F)(F)F)cc1. The Kier molecular flexibility index (Phi) is 5.76. The van der Waals surface area contributed by atoms with Crippen LogP contribution in [0, 0.1) is 0 Å². The molecule has 0 aromatic heterocycles. The van der Waals surface area contributed by atoms with Crippen LogP contribution in [0.4, 0.5) is 18.9 Å². The van der Waals surface area contributed by atoms with E-state index in [9.17, 15) is 27.6 Å². The van der Waals surface area contributed by atoms with Crippen LogP contribution in [0.1, 0.15) is 33.2 Å². The number of alkyl halides is 3. The first-order valence-corrected chi connectivity index (χ1v) is 7.42. The van der Waals surface area contributed by atoms with Crippen molar-refractivity contribution in [1.29, 1.82) is 0 Å². The minimum atomic E-state index is -4.71. The van der Waals surface area contributed by atoms with Crippen molar-refractivity contribution in [1.82, 2.24) is 0 Å². The van der Waals surface area contributed by atoms with E-state index in [1.807, 2.05) is 0 Å². The van der Waals surface area contributed by atoms with Gasteiger partial charge in [0, 0.05) is 18.2 Å². The van der Waals surface area contributed by atoms with E-state index in [1.165, 1.54) is 37.3 Å². The topological polar surface area (TPSA) is 72.5 Å². The van der Waals surface area contributed by atoms with Crippen molar-refractivity contribution in [3.63, 3.8) is 0 Å². The molecule has 0 aliphatic heterocycles. The van der Waals surface area contributed by atoms with Gasteiger partial charge in [-0.25, -0.2) is 4.79 Å². The van der Waals surface area contributed by atoms with E-state index in [1.54, 1.807) is 0 Å². The zero-order valence-corrected chi connectivity index (χ0v) is 13.6. The largest absolute Gasteiger partial charge is 0.454 e. The number of hydrogen-bond donors (Lipinski definition) is 1. The third kappa shape index (κ3) is 4.92. The molecule has 2 aromatic rings. The van der Waals surface area contributed by atoms with Gasteiger partial charge in [0.05, 0.1) is 11.1 Å². The standard InChI is InChI=1S/C18H14F3NO4/c1-11(23)22-13-8-6-12(7-9-13)16(24)10-26-17(25)14-4-2-3-5-15(14)18(19,20)21/h2-9H,10H2,1H3,(H,22,23). The molecule has 1 amide bonds. The molecule has 0 bridgehead atoms. The van der Waals surface area contributed by atoms with Crippen LogP contribution in [-0.2, 0) is 15.7 Å². The predicted octanol–water partition coefficient (Wildman–Crippen LogP) is 3.70. The number of nitrogens with one attached hydrogen (secondary N) is 1. The van der Waals surface area contributed by atoms with Gasteiger partial charge in [-0.3, -0.25) is 9.59 Å². The lowest BCUT2D eigenvalue weighted by Gasteiger charge is -2.12. The lowest BCUT2D eigenvalue weighted by Crippen LogP contribution is -2.18. The second-order valence-electron chi connectivity index (χ2n) is 5.30. The first-order chi connectivity index (χ1) is 12.2. The molecule has 0 unspecified atom stereocenters. The van der Waals surface area contributed by atoms with Crippen molar-refractivity contribution in [3.8, 4) is 0 Å². The van der Waals surface area contributed by atoms with Crippen LogP contribution < -0.4 is 5.32 Å². The van der Waals surface area contributed by atoms with Crippen LogP contribution in [0.25, 0.3) is 0 Å². The second-order valence-corrected chi connectivity index (χ2v) is 5.30. The molecule has 0 fully saturated rings. The van der Waals surface area contributed by atoms with Gasteiger partial charge in [-0.15, -0.1) is 0 Å². The third-order valence-electron chi connectivity index (χ3n) is 3.31. The highest BCUT2D eigenvalue weighted by Crippen LogP contribution is 2.32. The summed E-state index contributed by atoms with van der Waals surface area (Å²) < 4.78 is 43.4. The van der Waals surface area contributed by atoms with Crippen molar-refractivity contribution < 1.29 is 32.3 Å². The molecular formula is C18H14F3NO4. The fourth-order valence-electron chi connectivity index (χ4n) is 2.14. The highest BCUT2D eigenvalue weighted by molar-refractivity contribution is 6.00. The second kappa shape index (κ2) is 7.81. The molecular weight excluding hydrogens is 351 g/mol. The summed E-state index contributed by atoms with van der Waals surface area (Å²) in [4.78, 5) is 34.8. The Morgan fingerprint density at radius 1 is 1.00 bits per heavy atom. The fraction of sp³-hybridized carbons (Fsp3) is 0.167. The van der Waals surface area contributed by atoms with Crippen molar-refractivity contribution in [2.75, 3.05) is 11.9 Å². The molecule has 8 heteroatoms. The number of rotatable bonds is 5. The molecule has 0 saturated carbocycles. The van der Waals surface area contributed by atoms with Crippen LogP contribution in [0.2, 0.25) is 0 Å². The van der Waals surface area contributed by atoms with Gasteiger partial charge in [0.2, 0.25) is 5.91 Å². The van der Waals surface area contributed by atoms with Gasteiger partial charge >= 0.3 is 12.1 Å². The van der Waals surface area contributed by atoms with Gasteiger partial charge in [-0.05, 0) is 36.4 Å². The Bertz CT molecular complexity index is 829. The van der Waals surface area contributed by atoms with E-state index in [2.05, 4.69) is 5.32 Å². The van der Waals surface area contributed by atoms with Crippen LogP contribution >= 0.6 is 0 Å². The lowest BCUT2D eigenvalue weighted by atomic mass is 10.1. The highest BCUT2D eigenvalue weighted by Gasteiger charge is 2.35. The summed E-state index contributed by atoms with van der Waals surface area (Å²) in [5, 5.41) is 2.52. The minimum absolute atomic E-state index is 0.191. The van der Waals surface area contributed by atoms with E-state index >= 15 is 0 Å². The van der Waals surface area contributed by atoms with Crippen molar-refractivity contribution in [2.45, 2.75) is 13.1 Å². The number of hydrogen-bond acceptors (Lipinski definition) is 4. The average Bonchev–Trinajstić information content (AvgIpc) is 2.58. The maximum atomic E-state index is 12.9. The van der Waals surface area contributed by atoms with E-state index < -0.39 is 35.7 Å². The summed E-state index contributed by atoms with van der Waals surface area (Å²) in [6.45, 7) is 0.627. The zero-order valence-electron chi connectivity index (χ0n) is 13.6. The Morgan fingerprint density at radius 3 is 2.19 bits per heavy atom. The van der Waals surface area contributed by atoms with Gasteiger partial charge in [0.25, 0.3) is 0 Å². The van der Waals surface area contributed by atoms with Crippen molar-refractivity contribution >= 4 is 23.3 Å². The number of anilines is 1. The molecule has 0 aliphatic rings. The number of ether oxygens (including phenoxy) is 1. The number of carbonyl (C=O) groups excluding carboxylic acids is 3. The minimum Gasteiger partial charge on any atom is -0.454 e. The Labute approximate surface area is 146 Å². The maximum Gasteiger partial charge on any atom is 0.417 e. The van der Waals surface area contributed by atoms with E-state index in [0.29, 0.717) is 5.69 Å². The monoisotopic (exact) mass is 365 g/mol. The van der Waals surface area contributed by atoms with Crippen LogP contribution in [0.3, 0.4) is 0 Å². The number of Topliss-reactive ketones (excluding diaryl/α,β-unsaturated/α-hetero) is 1. The molecule has 1 N–H and O–H groups in total. The van der Waals surface area contributed by atoms with Crippen LogP contribution in [0.15, 0.2) is 48.5 Å². The molecule has 0 heterocycles. The normalized spacial score (nSPS) is 10.9. The predicted molar refractivity (Wildman–Crippen MR) is 86.8 cm³/mol. The van der Waals surface area contributed by atoms with Gasteiger partial charge in [-0.1, -0.05) is 12.1 Å². The van der Waals surface area contributed by atoms with Crippen molar-refractivity contribution in [2.24, 2.45) is 0 Å². The average molecular weight is 365 g/mol. The summed E-state index contributed by atoms with van der Waals surface area (Å²) in [5.74, 6) is -2.10.